The van der Waals surface area contributed by atoms with Crippen LogP contribution < -0.4 is 15.8 Å². The van der Waals surface area contributed by atoms with E-state index in [9.17, 15) is 13.2 Å². The second-order valence-electron chi connectivity index (χ2n) is 5.75. The summed E-state index contributed by atoms with van der Waals surface area (Å²) in [6, 6.07) is 4.29. The van der Waals surface area contributed by atoms with Gasteiger partial charge in [0.15, 0.2) is 6.61 Å². The zero-order valence-corrected chi connectivity index (χ0v) is 15.1. The number of hydrogen-bond acceptors (Lipinski definition) is 5. The monoisotopic (exact) mass is 375 g/mol. The fourth-order valence-electron chi connectivity index (χ4n) is 2.73. The first-order chi connectivity index (χ1) is 11.3. The maximum atomic E-state index is 12.9. The van der Waals surface area contributed by atoms with Crippen molar-refractivity contribution in [1.29, 1.82) is 0 Å². The molecule has 0 saturated carbocycles. The number of hydrogen-bond donors (Lipinski definition) is 2. The second kappa shape index (κ2) is 8.15. The zero-order chi connectivity index (χ0) is 17.7. The van der Waals surface area contributed by atoms with Crippen LogP contribution in [0.5, 0.6) is 5.75 Å². The molecule has 0 aliphatic carbocycles. The summed E-state index contributed by atoms with van der Waals surface area (Å²) in [5.74, 6) is -0.136. The maximum Gasteiger partial charge on any atom is 0.255 e. The van der Waals surface area contributed by atoms with Gasteiger partial charge in [-0.3, -0.25) is 4.79 Å². The molecule has 1 fully saturated rings. The van der Waals surface area contributed by atoms with E-state index in [-0.39, 0.29) is 15.7 Å². The predicted molar refractivity (Wildman–Crippen MR) is 91.6 cm³/mol. The van der Waals surface area contributed by atoms with Crippen LogP contribution in [0.15, 0.2) is 23.1 Å². The van der Waals surface area contributed by atoms with E-state index in [2.05, 4.69) is 5.32 Å². The first kappa shape index (κ1) is 19.0. The molecule has 1 amide bonds. The standard InChI is InChI=1S/C15H22ClN3O4S/c1-18-9-11-4-6-19(7-5-11)24(21,22)14-8-12(16)2-3-13(14)23-10-15(17)20/h2-3,8,11,18H,4-7,9-10H2,1H3,(H2,17,20). The third-order valence-electron chi connectivity index (χ3n) is 3.96. The minimum atomic E-state index is -3.75. The molecule has 0 unspecified atom stereocenters. The number of carbonyl (C=O) groups is 1. The lowest BCUT2D eigenvalue weighted by Crippen LogP contribution is -2.40. The average Bonchev–Trinajstić information content (AvgIpc) is 2.54. The van der Waals surface area contributed by atoms with Crippen molar-refractivity contribution in [3.63, 3.8) is 0 Å². The Bertz CT molecular complexity index is 688. The summed E-state index contributed by atoms with van der Waals surface area (Å²) in [7, 11) is -1.86. The summed E-state index contributed by atoms with van der Waals surface area (Å²) in [6.07, 6.45) is 1.58. The number of rotatable bonds is 7. The number of nitrogens with zero attached hydrogens (tertiary/aromatic N) is 1. The molecule has 1 aliphatic rings. The molecule has 134 valence electrons. The van der Waals surface area contributed by atoms with Crippen LogP contribution in [0.1, 0.15) is 12.8 Å². The van der Waals surface area contributed by atoms with Gasteiger partial charge in [0.05, 0.1) is 0 Å². The minimum Gasteiger partial charge on any atom is -0.482 e. The van der Waals surface area contributed by atoms with Crippen molar-refractivity contribution in [3.8, 4) is 5.75 Å². The van der Waals surface area contributed by atoms with Gasteiger partial charge in [0.1, 0.15) is 10.6 Å². The fraction of sp³-hybridized carbons (Fsp3) is 0.533. The van der Waals surface area contributed by atoms with Crippen LogP contribution in [0.2, 0.25) is 5.02 Å². The van der Waals surface area contributed by atoms with E-state index >= 15 is 0 Å². The lowest BCUT2D eigenvalue weighted by Gasteiger charge is -2.31. The summed E-state index contributed by atoms with van der Waals surface area (Å²) in [5.41, 5.74) is 5.06. The van der Waals surface area contributed by atoms with Gasteiger partial charge in [-0.15, -0.1) is 0 Å². The molecular weight excluding hydrogens is 354 g/mol. The lowest BCUT2D eigenvalue weighted by molar-refractivity contribution is -0.120. The molecule has 1 heterocycles. The summed E-state index contributed by atoms with van der Waals surface area (Å²) in [6.45, 7) is 1.36. The van der Waals surface area contributed by atoms with Gasteiger partial charge in [0.25, 0.3) is 5.91 Å². The minimum absolute atomic E-state index is 0.0386. The van der Waals surface area contributed by atoms with E-state index in [0.29, 0.717) is 19.0 Å². The Morgan fingerprint density at radius 3 is 2.67 bits per heavy atom. The van der Waals surface area contributed by atoms with Crippen molar-refractivity contribution in [2.45, 2.75) is 17.7 Å². The van der Waals surface area contributed by atoms with Crippen molar-refractivity contribution in [2.75, 3.05) is 33.3 Å². The first-order valence-electron chi connectivity index (χ1n) is 7.70. The highest BCUT2D eigenvalue weighted by molar-refractivity contribution is 7.89. The summed E-state index contributed by atoms with van der Waals surface area (Å²) >= 11 is 5.95. The SMILES string of the molecule is CNCC1CCN(S(=O)(=O)c2cc(Cl)ccc2OCC(N)=O)CC1. The van der Waals surface area contributed by atoms with E-state index in [0.717, 1.165) is 19.4 Å². The molecule has 1 saturated heterocycles. The number of sulfonamides is 1. The summed E-state index contributed by atoms with van der Waals surface area (Å²) < 4.78 is 32.5. The molecule has 1 aromatic carbocycles. The third-order valence-corrected chi connectivity index (χ3v) is 6.11. The molecule has 0 atom stereocenters. The molecule has 9 heteroatoms. The van der Waals surface area contributed by atoms with Gasteiger partial charge < -0.3 is 15.8 Å². The van der Waals surface area contributed by atoms with Gasteiger partial charge in [-0.05, 0) is 50.6 Å². The molecule has 2 rings (SSSR count). The molecule has 1 aliphatic heterocycles. The highest BCUT2D eigenvalue weighted by Crippen LogP contribution is 2.32. The summed E-state index contributed by atoms with van der Waals surface area (Å²) in [4.78, 5) is 10.9. The van der Waals surface area contributed by atoms with E-state index in [4.69, 9.17) is 22.1 Å². The van der Waals surface area contributed by atoms with Crippen LogP contribution in [-0.4, -0.2) is 51.9 Å². The zero-order valence-electron chi connectivity index (χ0n) is 13.5. The first-order valence-corrected chi connectivity index (χ1v) is 9.51. The van der Waals surface area contributed by atoms with Gasteiger partial charge in [-0.1, -0.05) is 11.6 Å². The van der Waals surface area contributed by atoms with Gasteiger partial charge in [0, 0.05) is 18.1 Å². The molecular formula is C15H22ClN3O4S. The third kappa shape index (κ3) is 4.60. The largest absolute Gasteiger partial charge is 0.482 e. The Labute approximate surface area is 147 Å². The number of primary amides is 1. The molecule has 0 spiro atoms. The number of carbonyl (C=O) groups excluding carboxylic acids is 1. The fourth-order valence-corrected chi connectivity index (χ4v) is 4.60. The van der Waals surface area contributed by atoms with Crippen LogP contribution >= 0.6 is 11.6 Å². The van der Waals surface area contributed by atoms with Crippen LogP contribution in [0.25, 0.3) is 0 Å². The number of piperidine rings is 1. The Morgan fingerprint density at radius 1 is 1.42 bits per heavy atom. The van der Waals surface area contributed by atoms with E-state index < -0.39 is 22.5 Å². The van der Waals surface area contributed by atoms with Crippen molar-refractivity contribution in [3.05, 3.63) is 23.2 Å². The van der Waals surface area contributed by atoms with Crippen LogP contribution in [-0.2, 0) is 14.8 Å². The molecule has 0 radical (unpaired) electrons. The van der Waals surface area contributed by atoms with Crippen molar-refractivity contribution in [2.24, 2.45) is 11.7 Å². The molecule has 7 nitrogen and oxygen atoms in total. The smallest absolute Gasteiger partial charge is 0.255 e. The van der Waals surface area contributed by atoms with Gasteiger partial charge in [-0.25, -0.2) is 8.42 Å². The number of nitrogens with two attached hydrogens (primary N) is 1. The number of halogens is 1. The van der Waals surface area contributed by atoms with Gasteiger partial charge in [-0.2, -0.15) is 4.31 Å². The van der Waals surface area contributed by atoms with Gasteiger partial charge in [0.2, 0.25) is 10.0 Å². The number of benzene rings is 1. The molecule has 24 heavy (non-hydrogen) atoms. The van der Waals surface area contributed by atoms with Crippen molar-refractivity contribution >= 4 is 27.5 Å². The van der Waals surface area contributed by atoms with E-state index in [1.54, 1.807) is 0 Å². The highest BCUT2D eigenvalue weighted by Gasteiger charge is 2.31. The number of ether oxygens (including phenoxy) is 1. The Kier molecular flexibility index (Phi) is 6.45. The summed E-state index contributed by atoms with van der Waals surface area (Å²) in [5, 5.41) is 3.40. The highest BCUT2D eigenvalue weighted by atomic mass is 35.5. The Balaban J connectivity index is 2.22. The van der Waals surface area contributed by atoms with Gasteiger partial charge >= 0.3 is 0 Å². The van der Waals surface area contributed by atoms with Crippen molar-refractivity contribution < 1.29 is 17.9 Å². The van der Waals surface area contributed by atoms with Crippen LogP contribution in [0.3, 0.4) is 0 Å². The van der Waals surface area contributed by atoms with Crippen LogP contribution in [0, 0.1) is 5.92 Å². The Morgan fingerprint density at radius 2 is 2.08 bits per heavy atom. The van der Waals surface area contributed by atoms with E-state index in [1.807, 2.05) is 7.05 Å². The lowest BCUT2D eigenvalue weighted by atomic mass is 9.98. The number of amides is 1. The predicted octanol–water partition coefficient (Wildman–Crippen LogP) is 0.824. The quantitative estimate of drug-likeness (QED) is 0.734. The normalized spacial score (nSPS) is 16.9. The average molecular weight is 376 g/mol. The Hall–Kier alpha value is -1.35. The molecule has 1 aromatic rings. The molecule has 3 N–H and O–H groups in total. The van der Waals surface area contributed by atoms with Crippen molar-refractivity contribution in [1.82, 2.24) is 9.62 Å². The van der Waals surface area contributed by atoms with Crippen LogP contribution in [0.4, 0.5) is 0 Å². The number of nitrogens with one attached hydrogen (secondary N) is 1. The second-order valence-corrected chi connectivity index (χ2v) is 8.09. The topological polar surface area (TPSA) is 102 Å². The maximum absolute atomic E-state index is 12.9. The molecule has 0 bridgehead atoms. The molecule has 0 aromatic heterocycles. The van der Waals surface area contributed by atoms with E-state index in [1.165, 1.54) is 22.5 Å².